The summed E-state index contributed by atoms with van der Waals surface area (Å²) in [6.45, 7) is 8.16. The van der Waals surface area contributed by atoms with Crippen molar-refractivity contribution < 1.29 is 37.6 Å². The van der Waals surface area contributed by atoms with Gasteiger partial charge in [0, 0.05) is 37.2 Å². The summed E-state index contributed by atoms with van der Waals surface area (Å²) < 4.78 is 38.3. The van der Waals surface area contributed by atoms with Gasteiger partial charge in [-0.2, -0.15) is 13.2 Å². The molecule has 2 atom stereocenters. The second-order valence-electron chi connectivity index (χ2n) is 11.0. The average molecular weight is 557 g/mol. The molecule has 0 saturated carbocycles. The topological polar surface area (TPSA) is 119 Å². The molecule has 9 nitrogen and oxygen atoms in total. The summed E-state index contributed by atoms with van der Waals surface area (Å²) in [5.74, 6) is -1.52. The fourth-order valence-electron chi connectivity index (χ4n) is 4.51. The molecule has 1 fully saturated rings. The molecule has 1 aromatic rings. The van der Waals surface area contributed by atoms with E-state index in [9.17, 15) is 37.6 Å². The Morgan fingerprint density at radius 2 is 1.69 bits per heavy atom. The molecule has 0 aromatic heterocycles. The van der Waals surface area contributed by atoms with Crippen molar-refractivity contribution >= 4 is 24.1 Å². The molecule has 2 rings (SSSR count). The largest absolute Gasteiger partial charge is 0.416 e. The van der Waals surface area contributed by atoms with E-state index in [4.69, 9.17) is 0 Å². The third-order valence-electron chi connectivity index (χ3n) is 6.85. The van der Waals surface area contributed by atoms with E-state index in [1.165, 1.54) is 0 Å². The van der Waals surface area contributed by atoms with E-state index < -0.39 is 35.0 Å². The van der Waals surface area contributed by atoms with Crippen LogP contribution in [-0.4, -0.2) is 71.0 Å². The Balaban J connectivity index is 1.98. The number of hydrogen-bond donors (Lipinski definition) is 3. The minimum atomic E-state index is -4.48. The highest BCUT2D eigenvalue weighted by Crippen LogP contribution is 2.29. The minimum absolute atomic E-state index is 0.00141. The predicted octanol–water partition coefficient (Wildman–Crippen LogP) is 3.61. The molecule has 0 aliphatic carbocycles. The number of carbonyl (C=O) groups excluding carboxylic acids is 4. The lowest BCUT2D eigenvalue weighted by Crippen LogP contribution is -2.58. The van der Waals surface area contributed by atoms with Gasteiger partial charge in [0.25, 0.3) is 5.91 Å². The molecule has 0 unspecified atom stereocenters. The maximum absolute atomic E-state index is 13.5. The summed E-state index contributed by atoms with van der Waals surface area (Å²) in [7, 11) is 0. The lowest BCUT2D eigenvalue weighted by atomic mass is 9.84. The number of nitrogens with zero attached hydrogens (tertiary/aromatic N) is 2. The van der Waals surface area contributed by atoms with E-state index in [1.807, 2.05) is 27.7 Å². The van der Waals surface area contributed by atoms with Crippen molar-refractivity contribution in [2.24, 2.45) is 11.3 Å². The second kappa shape index (κ2) is 13.8. The van der Waals surface area contributed by atoms with Gasteiger partial charge < -0.3 is 15.5 Å². The Morgan fingerprint density at radius 3 is 2.18 bits per heavy atom. The molecule has 0 spiro atoms. The van der Waals surface area contributed by atoms with Crippen LogP contribution >= 0.6 is 0 Å². The van der Waals surface area contributed by atoms with Crippen molar-refractivity contribution in [2.75, 3.05) is 19.6 Å². The van der Waals surface area contributed by atoms with Gasteiger partial charge in [0.2, 0.25) is 18.2 Å². The summed E-state index contributed by atoms with van der Waals surface area (Å²) in [6, 6.07) is 2.94. The SMILES string of the molecule is CCC[C@H](CCN(O)C=O)C(=O)N[C@H](C(=O)N1CCC(NC(=O)c2ccc(C(F)(F)F)cc2)CC1)C(C)(C)C. The van der Waals surface area contributed by atoms with Crippen LogP contribution < -0.4 is 10.6 Å². The summed E-state index contributed by atoms with van der Waals surface area (Å²) in [6.07, 6.45) is -1.79. The molecule has 0 bridgehead atoms. The first kappa shape index (κ1) is 32.1. The van der Waals surface area contributed by atoms with Crippen molar-refractivity contribution in [1.82, 2.24) is 20.6 Å². The number of rotatable bonds is 11. The number of halogens is 3. The number of amides is 4. The second-order valence-corrected chi connectivity index (χ2v) is 11.0. The zero-order valence-electron chi connectivity index (χ0n) is 22.9. The standard InChI is InChI=1S/C27H39F3N4O5/c1-5-6-18(11-16-34(39)17-35)24(37)32-22(26(2,3)4)25(38)33-14-12-21(13-15-33)31-23(36)19-7-9-20(10-8-19)27(28,29)30/h7-10,17-18,21-22,39H,5-6,11-16H2,1-4H3,(H,31,36)(H,32,37)/t18-,22-/m1/s1. The molecule has 3 N–H and O–H groups in total. The number of nitrogens with one attached hydrogen (secondary N) is 2. The maximum atomic E-state index is 13.5. The number of alkyl halides is 3. The first-order chi connectivity index (χ1) is 18.2. The van der Waals surface area contributed by atoms with E-state index >= 15 is 0 Å². The van der Waals surface area contributed by atoms with Gasteiger partial charge >= 0.3 is 6.18 Å². The van der Waals surface area contributed by atoms with E-state index in [1.54, 1.807) is 4.90 Å². The first-order valence-corrected chi connectivity index (χ1v) is 13.2. The number of carbonyl (C=O) groups is 4. The molecule has 218 valence electrons. The highest BCUT2D eigenvalue weighted by molar-refractivity contribution is 5.94. The van der Waals surface area contributed by atoms with Crippen LogP contribution in [0.25, 0.3) is 0 Å². The quantitative estimate of drug-likeness (QED) is 0.219. The number of hydroxylamine groups is 2. The third-order valence-corrected chi connectivity index (χ3v) is 6.85. The van der Waals surface area contributed by atoms with E-state index in [-0.39, 0.29) is 42.8 Å². The maximum Gasteiger partial charge on any atom is 0.416 e. The predicted molar refractivity (Wildman–Crippen MR) is 137 cm³/mol. The van der Waals surface area contributed by atoms with Crippen molar-refractivity contribution in [3.63, 3.8) is 0 Å². The Hall–Kier alpha value is -3.15. The molecule has 1 heterocycles. The number of piperidine rings is 1. The van der Waals surface area contributed by atoms with Gasteiger partial charge in [-0.15, -0.1) is 0 Å². The zero-order valence-corrected chi connectivity index (χ0v) is 22.9. The Bertz CT molecular complexity index is 987. The van der Waals surface area contributed by atoms with Crippen LogP contribution in [-0.2, 0) is 20.6 Å². The fourth-order valence-corrected chi connectivity index (χ4v) is 4.51. The van der Waals surface area contributed by atoms with E-state index in [0.29, 0.717) is 43.8 Å². The summed E-state index contributed by atoms with van der Waals surface area (Å²) in [5, 5.41) is 15.6. The number of likely N-dealkylation sites (tertiary alicyclic amines) is 1. The first-order valence-electron chi connectivity index (χ1n) is 13.2. The van der Waals surface area contributed by atoms with Gasteiger partial charge in [0.15, 0.2) is 0 Å². The van der Waals surface area contributed by atoms with Crippen molar-refractivity contribution in [3.8, 4) is 0 Å². The van der Waals surface area contributed by atoms with Crippen LogP contribution in [0.1, 0.15) is 75.7 Å². The monoisotopic (exact) mass is 556 g/mol. The summed E-state index contributed by atoms with van der Waals surface area (Å²) in [4.78, 5) is 51.4. The smallest absolute Gasteiger partial charge is 0.349 e. The highest BCUT2D eigenvalue weighted by Gasteiger charge is 2.38. The summed E-state index contributed by atoms with van der Waals surface area (Å²) in [5.41, 5.74) is -1.30. The molecule has 0 radical (unpaired) electrons. The summed E-state index contributed by atoms with van der Waals surface area (Å²) >= 11 is 0. The zero-order chi connectivity index (χ0) is 29.4. The number of benzene rings is 1. The normalized spacial score (nSPS) is 16.3. The van der Waals surface area contributed by atoms with Crippen molar-refractivity contribution in [1.29, 1.82) is 0 Å². The van der Waals surface area contributed by atoms with Gasteiger partial charge in [0.1, 0.15) is 6.04 Å². The van der Waals surface area contributed by atoms with Crippen LogP contribution in [0.5, 0.6) is 0 Å². The van der Waals surface area contributed by atoms with Gasteiger partial charge in [-0.1, -0.05) is 34.1 Å². The van der Waals surface area contributed by atoms with Crippen LogP contribution in [0.2, 0.25) is 0 Å². The molecule has 12 heteroatoms. The molecule has 1 aliphatic rings. The molecular formula is C27H39F3N4O5. The van der Waals surface area contributed by atoms with Crippen LogP contribution in [0, 0.1) is 11.3 Å². The van der Waals surface area contributed by atoms with Crippen LogP contribution in [0.15, 0.2) is 24.3 Å². The average Bonchev–Trinajstić information content (AvgIpc) is 2.88. The molecule has 4 amide bonds. The highest BCUT2D eigenvalue weighted by atomic mass is 19.4. The lowest BCUT2D eigenvalue weighted by Gasteiger charge is -2.39. The number of hydrogen-bond acceptors (Lipinski definition) is 5. The van der Waals surface area contributed by atoms with Gasteiger partial charge in [-0.3, -0.25) is 24.4 Å². The third kappa shape index (κ3) is 9.52. The molecule has 39 heavy (non-hydrogen) atoms. The molecule has 1 aromatic carbocycles. The lowest BCUT2D eigenvalue weighted by molar-refractivity contribution is -0.151. The molecular weight excluding hydrogens is 517 g/mol. The molecule has 1 aliphatic heterocycles. The fraction of sp³-hybridized carbons (Fsp3) is 0.630. The van der Waals surface area contributed by atoms with Crippen LogP contribution in [0.4, 0.5) is 13.2 Å². The van der Waals surface area contributed by atoms with Crippen molar-refractivity contribution in [2.45, 2.75) is 78.1 Å². The van der Waals surface area contributed by atoms with Gasteiger partial charge in [-0.05, 0) is 55.4 Å². The van der Waals surface area contributed by atoms with E-state index in [0.717, 1.165) is 24.3 Å². The van der Waals surface area contributed by atoms with Crippen LogP contribution in [0.3, 0.4) is 0 Å². The Kier molecular flexibility index (Phi) is 11.3. The Morgan fingerprint density at radius 1 is 1.10 bits per heavy atom. The Labute approximate surface area is 227 Å². The van der Waals surface area contributed by atoms with Crippen molar-refractivity contribution in [3.05, 3.63) is 35.4 Å². The van der Waals surface area contributed by atoms with Gasteiger partial charge in [-0.25, -0.2) is 5.06 Å². The van der Waals surface area contributed by atoms with E-state index in [2.05, 4.69) is 10.6 Å². The van der Waals surface area contributed by atoms with Gasteiger partial charge in [0.05, 0.1) is 5.56 Å². The molecule has 1 saturated heterocycles. The minimum Gasteiger partial charge on any atom is -0.349 e.